The Morgan fingerprint density at radius 2 is 1.60 bits per heavy atom. The highest BCUT2D eigenvalue weighted by atomic mass is 16.6. The molecular weight excluding hydrogens is 634 g/mol. The highest BCUT2D eigenvalue weighted by Gasteiger charge is 2.33. The number of hydrogen-bond donors (Lipinski definition) is 2. The van der Waals surface area contributed by atoms with Crippen molar-refractivity contribution >= 4 is 29.7 Å². The molecule has 0 bridgehead atoms. The number of alkyl carbamates (subject to hydrolysis) is 1. The van der Waals surface area contributed by atoms with Crippen molar-refractivity contribution in [3.8, 4) is 11.4 Å². The van der Waals surface area contributed by atoms with Crippen LogP contribution < -0.4 is 10.6 Å². The first-order valence-corrected chi connectivity index (χ1v) is 18.0. The van der Waals surface area contributed by atoms with Crippen LogP contribution in [0.4, 0.5) is 21.1 Å². The molecule has 2 N–H and O–H groups in total. The molecule has 2 amide bonds. The number of carbonyl (C=O) groups is 2. The fourth-order valence-electron chi connectivity index (χ4n) is 5.58. The van der Waals surface area contributed by atoms with Crippen molar-refractivity contribution in [3.63, 3.8) is 0 Å². The number of amides is 2. The largest absolute Gasteiger partial charge is 0.444 e. The molecule has 1 fully saturated rings. The van der Waals surface area contributed by atoms with Gasteiger partial charge in [0.1, 0.15) is 17.0 Å². The minimum atomic E-state index is -0.816. The van der Waals surface area contributed by atoms with Crippen molar-refractivity contribution in [1.82, 2.24) is 25.3 Å². The van der Waals surface area contributed by atoms with Gasteiger partial charge in [0.05, 0.1) is 5.92 Å². The number of anilines is 2. The lowest BCUT2D eigenvalue weighted by atomic mass is 10.0. The zero-order valence-electron chi connectivity index (χ0n) is 30.9. The minimum absolute atomic E-state index is 0.0427. The standard InChI is InChI=1S/C38H55N7O5/c1-8-9-10-11-12-13-14-15-16-27-17-20-30(21-18-27)40-31-22-19-28(25-39-31)32-41-33(50-44-32)29-23-24-45(26-29)34(42-35(46)48-37(2,3)4)43-36(47)49-38(5,6)7/h17-22,25,29H,8-16,23-24,26H2,1-7H3,(H,39,40)(H,42,43,46,47)/t29-/m1/s1. The first-order valence-electron chi connectivity index (χ1n) is 18.0. The van der Waals surface area contributed by atoms with E-state index in [2.05, 4.69) is 61.9 Å². The summed E-state index contributed by atoms with van der Waals surface area (Å²) in [6.45, 7) is 13.6. The van der Waals surface area contributed by atoms with Crippen LogP contribution in [0.2, 0.25) is 0 Å². The molecular formula is C38H55N7O5. The van der Waals surface area contributed by atoms with Crippen molar-refractivity contribution in [2.24, 2.45) is 4.99 Å². The highest BCUT2D eigenvalue weighted by Crippen LogP contribution is 2.28. The van der Waals surface area contributed by atoms with E-state index in [0.29, 0.717) is 37.0 Å². The van der Waals surface area contributed by atoms with E-state index < -0.39 is 23.4 Å². The van der Waals surface area contributed by atoms with Crippen LogP contribution in [0.25, 0.3) is 11.4 Å². The van der Waals surface area contributed by atoms with E-state index in [1.807, 2.05) is 12.1 Å². The number of aliphatic imine (C=N–C) groups is 1. The molecule has 1 aliphatic rings. The number of carbonyl (C=O) groups excluding carboxylic acids is 2. The number of aromatic nitrogens is 3. The first-order chi connectivity index (χ1) is 23.8. The maximum Gasteiger partial charge on any atom is 0.437 e. The molecule has 2 aromatic heterocycles. The third kappa shape index (κ3) is 13.1. The van der Waals surface area contributed by atoms with E-state index in [0.717, 1.165) is 17.7 Å². The maximum absolute atomic E-state index is 12.6. The van der Waals surface area contributed by atoms with Crippen LogP contribution in [0.3, 0.4) is 0 Å². The second-order valence-corrected chi connectivity index (χ2v) is 14.9. The van der Waals surface area contributed by atoms with E-state index in [1.54, 1.807) is 52.6 Å². The molecule has 0 saturated carbocycles. The Labute approximate surface area is 296 Å². The van der Waals surface area contributed by atoms with Crippen LogP contribution in [-0.2, 0) is 15.9 Å². The number of likely N-dealkylation sites (tertiary alicyclic amines) is 1. The third-order valence-corrected chi connectivity index (χ3v) is 8.05. The Bertz CT molecular complexity index is 1540. The predicted octanol–water partition coefficient (Wildman–Crippen LogP) is 9.16. The van der Waals surface area contributed by atoms with E-state index >= 15 is 0 Å². The topological polar surface area (TPSA) is 144 Å². The number of nitrogens with zero attached hydrogens (tertiary/aromatic N) is 5. The quantitative estimate of drug-likeness (QED) is 0.101. The number of guanidine groups is 1. The fourth-order valence-corrected chi connectivity index (χ4v) is 5.58. The predicted molar refractivity (Wildman–Crippen MR) is 196 cm³/mol. The minimum Gasteiger partial charge on any atom is -0.444 e. The fraction of sp³-hybridized carbons (Fsp3) is 0.579. The van der Waals surface area contributed by atoms with Gasteiger partial charge >= 0.3 is 12.2 Å². The van der Waals surface area contributed by atoms with Crippen LogP contribution in [-0.4, -0.2) is 62.5 Å². The molecule has 1 saturated heterocycles. The maximum atomic E-state index is 12.6. The SMILES string of the molecule is CCCCCCCCCCc1ccc(Nc2ccc(-c3noc([C@@H]4CCN(C(=NC(=O)OC(C)(C)C)NC(=O)OC(C)(C)C)C4)n3)cn2)cc1. The number of nitrogens with one attached hydrogen (secondary N) is 2. The molecule has 272 valence electrons. The van der Waals surface area contributed by atoms with E-state index in [9.17, 15) is 9.59 Å². The van der Waals surface area contributed by atoms with E-state index in [-0.39, 0.29) is 11.9 Å². The molecule has 1 aromatic carbocycles. The van der Waals surface area contributed by atoms with E-state index in [1.165, 1.54) is 56.9 Å². The van der Waals surface area contributed by atoms with Gasteiger partial charge < -0.3 is 24.2 Å². The number of benzene rings is 1. The molecule has 12 heteroatoms. The van der Waals surface area contributed by atoms with Gasteiger partial charge in [0.15, 0.2) is 0 Å². The number of pyridine rings is 1. The van der Waals surface area contributed by atoms with Gasteiger partial charge in [0.25, 0.3) is 0 Å². The lowest BCUT2D eigenvalue weighted by molar-refractivity contribution is 0.0555. The molecule has 1 aliphatic heterocycles. The summed E-state index contributed by atoms with van der Waals surface area (Å²) in [5.74, 6) is 1.49. The highest BCUT2D eigenvalue weighted by molar-refractivity contribution is 5.99. The van der Waals surface area contributed by atoms with Crippen molar-refractivity contribution in [2.75, 3.05) is 18.4 Å². The van der Waals surface area contributed by atoms with Crippen molar-refractivity contribution < 1.29 is 23.6 Å². The van der Waals surface area contributed by atoms with Gasteiger partial charge in [-0.3, -0.25) is 5.32 Å². The summed E-state index contributed by atoms with van der Waals surface area (Å²) in [5.41, 5.74) is 1.59. The number of hydrogen-bond acceptors (Lipinski definition) is 9. The number of rotatable bonds is 13. The molecule has 0 spiro atoms. The smallest absolute Gasteiger partial charge is 0.437 e. The Morgan fingerprint density at radius 3 is 2.24 bits per heavy atom. The monoisotopic (exact) mass is 689 g/mol. The van der Waals surface area contributed by atoms with Gasteiger partial charge in [-0.1, -0.05) is 69.2 Å². The summed E-state index contributed by atoms with van der Waals surface area (Å²) in [6.07, 6.45) is 12.5. The first kappa shape index (κ1) is 38.3. The molecule has 12 nitrogen and oxygen atoms in total. The molecule has 0 radical (unpaired) electrons. The van der Waals surface area contributed by atoms with Crippen LogP contribution in [0, 0.1) is 0 Å². The summed E-state index contributed by atoms with van der Waals surface area (Å²) in [7, 11) is 0. The second-order valence-electron chi connectivity index (χ2n) is 14.9. The molecule has 3 aromatic rings. The Kier molecular flexibility index (Phi) is 13.8. The third-order valence-electron chi connectivity index (χ3n) is 8.05. The molecule has 3 heterocycles. The van der Waals surface area contributed by atoms with Gasteiger partial charge in [-0.2, -0.15) is 4.98 Å². The normalized spacial score (nSPS) is 15.2. The van der Waals surface area contributed by atoms with Gasteiger partial charge in [-0.15, -0.1) is 4.99 Å². The summed E-state index contributed by atoms with van der Waals surface area (Å²) in [5, 5.41) is 10.2. The summed E-state index contributed by atoms with van der Waals surface area (Å²) in [4.78, 5) is 40.2. The molecule has 0 aliphatic carbocycles. The zero-order chi connectivity index (χ0) is 36.1. The van der Waals surface area contributed by atoms with Crippen LogP contribution in [0.15, 0.2) is 52.1 Å². The summed E-state index contributed by atoms with van der Waals surface area (Å²) in [6, 6.07) is 12.3. The number of unbranched alkanes of at least 4 members (excludes halogenated alkanes) is 7. The van der Waals surface area contributed by atoms with Crippen molar-refractivity contribution in [2.45, 2.75) is 130 Å². The second kappa shape index (κ2) is 18.0. The van der Waals surface area contributed by atoms with Crippen molar-refractivity contribution in [3.05, 3.63) is 54.0 Å². The Morgan fingerprint density at radius 1 is 0.920 bits per heavy atom. The van der Waals surface area contributed by atoms with Crippen LogP contribution >= 0.6 is 0 Å². The molecule has 1 atom stereocenters. The Hall–Kier alpha value is -4.48. The summed E-state index contributed by atoms with van der Waals surface area (Å²) >= 11 is 0. The van der Waals surface area contributed by atoms with Crippen LogP contribution in [0.1, 0.15) is 124 Å². The van der Waals surface area contributed by atoms with Gasteiger partial charge in [0, 0.05) is 30.5 Å². The lowest BCUT2D eigenvalue weighted by Crippen LogP contribution is -2.45. The molecule has 50 heavy (non-hydrogen) atoms. The van der Waals surface area contributed by atoms with E-state index in [4.69, 9.17) is 14.0 Å². The molecule has 0 unspecified atom stereocenters. The van der Waals surface area contributed by atoms with Crippen LogP contribution in [0.5, 0.6) is 0 Å². The number of aryl methyl sites for hydroxylation is 1. The van der Waals surface area contributed by atoms with Crippen molar-refractivity contribution in [1.29, 1.82) is 0 Å². The average Bonchev–Trinajstić information content (AvgIpc) is 3.72. The molecule has 4 rings (SSSR count). The Balaban J connectivity index is 1.30. The van der Waals surface area contributed by atoms with Gasteiger partial charge in [0.2, 0.25) is 17.7 Å². The zero-order valence-corrected chi connectivity index (χ0v) is 30.9. The number of ether oxygens (including phenoxy) is 2. The van der Waals surface area contributed by atoms with Gasteiger partial charge in [-0.05, 0) is 90.6 Å². The lowest BCUT2D eigenvalue weighted by Gasteiger charge is -2.24. The summed E-state index contributed by atoms with van der Waals surface area (Å²) < 4.78 is 16.4. The average molecular weight is 690 g/mol. The van der Waals surface area contributed by atoms with Gasteiger partial charge in [-0.25, -0.2) is 14.6 Å².